The highest BCUT2D eigenvalue weighted by Crippen LogP contribution is 2.26. The van der Waals surface area contributed by atoms with Gasteiger partial charge in [-0.1, -0.05) is 48.5 Å². The third-order valence-corrected chi connectivity index (χ3v) is 4.67. The summed E-state index contributed by atoms with van der Waals surface area (Å²) in [7, 11) is 0. The number of carbonyl (C=O) groups excluding carboxylic acids is 1. The van der Waals surface area contributed by atoms with E-state index in [2.05, 4.69) is 26.2 Å². The van der Waals surface area contributed by atoms with Crippen molar-refractivity contribution in [1.29, 1.82) is 0 Å². The second-order valence-electron chi connectivity index (χ2n) is 5.75. The molecule has 5 heteroatoms. The first-order valence-electron chi connectivity index (χ1n) is 7.71. The van der Waals surface area contributed by atoms with Crippen molar-refractivity contribution in [2.45, 2.75) is 13.3 Å². The lowest BCUT2D eigenvalue weighted by Gasteiger charge is -2.10. The van der Waals surface area contributed by atoms with Crippen LogP contribution in [0.5, 0.6) is 0 Å². The summed E-state index contributed by atoms with van der Waals surface area (Å²) in [5.74, 6) is -0.0463. The quantitative estimate of drug-likeness (QED) is 0.607. The topological polar surface area (TPSA) is 54.9 Å². The Morgan fingerprint density at radius 2 is 1.88 bits per heavy atom. The summed E-state index contributed by atoms with van der Waals surface area (Å²) in [6.45, 7) is 1.96. The molecule has 0 aliphatic heterocycles. The van der Waals surface area contributed by atoms with Gasteiger partial charge in [-0.05, 0) is 34.9 Å². The maximum atomic E-state index is 12.6. The number of aryl methyl sites for hydroxylation is 1. The molecule has 1 N–H and O–H groups in total. The molecule has 1 amide bonds. The summed E-state index contributed by atoms with van der Waals surface area (Å²) in [6, 6.07) is 18.0. The molecule has 0 unspecified atom stereocenters. The lowest BCUT2D eigenvalue weighted by molar-refractivity contribution is -0.115. The van der Waals surface area contributed by atoms with Crippen molar-refractivity contribution in [3.05, 3.63) is 65.7 Å². The molecule has 1 heterocycles. The predicted molar refractivity (Wildman–Crippen MR) is 98.4 cm³/mol. The first kappa shape index (κ1) is 14.8. The molecule has 0 spiro atoms. The second kappa shape index (κ2) is 6.02. The van der Waals surface area contributed by atoms with Crippen LogP contribution in [0.15, 0.2) is 54.6 Å². The highest BCUT2D eigenvalue weighted by molar-refractivity contribution is 7.00. The smallest absolute Gasteiger partial charge is 0.228 e. The van der Waals surface area contributed by atoms with Gasteiger partial charge in [0.05, 0.1) is 23.8 Å². The molecule has 0 radical (unpaired) electrons. The Morgan fingerprint density at radius 1 is 1.04 bits per heavy atom. The zero-order valence-corrected chi connectivity index (χ0v) is 13.9. The third-order valence-electron chi connectivity index (χ3n) is 4.13. The zero-order valence-electron chi connectivity index (χ0n) is 13.1. The number of amides is 1. The van der Waals surface area contributed by atoms with E-state index in [0.29, 0.717) is 6.42 Å². The van der Waals surface area contributed by atoms with Crippen LogP contribution in [-0.2, 0) is 11.2 Å². The Balaban J connectivity index is 1.64. The van der Waals surface area contributed by atoms with Gasteiger partial charge in [0.25, 0.3) is 0 Å². The average molecular weight is 333 g/mol. The number of nitrogens with zero attached hydrogens (tertiary/aromatic N) is 2. The van der Waals surface area contributed by atoms with Crippen molar-refractivity contribution in [3.63, 3.8) is 0 Å². The summed E-state index contributed by atoms with van der Waals surface area (Å²) < 4.78 is 8.54. The lowest BCUT2D eigenvalue weighted by atomic mass is 10.0. The van der Waals surface area contributed by atoms with E-state index in [9.17, 15) is 4.79 Å². The summed E-state index contributed by atoms with van der Waals surface area (Å²) in [4.78, 5) is 12.6. The van der Waals surface area contributed by atoms with Crippen LogP contribution in [0, 0.1) is 6.92 Å². The molecule has 4 aromatic rings. The molecule has 0 aliphatic rings. The summed E-state index contributed by atoms with van der Waals surface area (Å²) in [5, 5.41) is 5.27. The fraction of sp³-hybridized carbons (Fsp3) is 0.105. The minimum atomic E-state index is -0.0463. The van der Waals surface area contributed by atoms with Crippen LogP contribution in [0.25, 0.3) is 21.8 Å². The number of nitrogens with one attached hydrogen (secondary N) is 1. The van der Waals surface area contributed by atoms with Crippen molar-refractivity contribution in [1.82, 2.24) is 8.75 Å². The molecule has 0 aliphatic carbocycles. The van der Waals surface area contributed by atoms with Crippen LogP contribution >= 0.6 is 11.7 Å². The van der Waals surface area contributed by atoms with E-state index in [-0.39, 0.29) is 5.91 Å². The Bertz CT molecular complexity index is 1050. The predicted octanol–water partition coefficient (Wildman–Crippen LogP) is 4.33. The van der Waals surface area contributed by atoms with Crippen molar-refractivity contribution in [3.8, 4) is 0 Å². The van der Waals surface area contributed by atoms with Crippen LogP contribution in [0.4, 0.5) is 5.69 Å². The highest BCUT2D eigenvalue weighted by Gasteiger charge is 2.13. The number of benzene rings is 3. The molecule has 0 atom stereocenters. The number of hydrogen-bond acceptors (Lipinski definition) is 4. The third kappa shape index (κ3) is 2.63. The molecule has 24 heavy (non-hydrogen) atoms. The molecular formula is C19H15N3OS. The lowest BCUT2D eigenvalue weighted by Crippen LogP contribution is -2.15. The van der Waals surface area contributed by atoms with Gasteiger partial charge in [-0.3, -0.25) is 4.79 Å². The summed E-state index contributed by atoms with van der Waals surface area (Å²) in [6.07, 6.45) is 0.328. The molecule has 3 aromatic carbocycles. The van der Waals surface area contributed by atoms with Gasteiger partial charge in [0.15, 0.2) is 0 Å². The van der Waals surface area contributed by atoms with Crippen LogP contribution in [-0.4, -0.2) is 14.7 Å². The van der Waals surface area contributed by atoms with Crippen LogP contribution in [0.1, 0.15) is 11.1 Å². The standard InChI is InChI=1S/C19H15N3OS/c1-12-9-10-16-19(22-24-21-16)18(12)20-17(23)11-14-7-4-6-13-5-2-3-8-15(13)14/h2-10H,11H2,1H3,(H,20,23). The number of fused-ring (bicyclic) bond motifs is 2. The van der Waals surface area contributed by atoms with E-state index in [0.717, 1.165) is 50.3 Å². The number of rotatable bonds is 3. The van der Waals surface area contributed by atoms with Crippen molar-refractivity contribution in [2.24, 2.45) is 0 Å². The average Bonchev–Trinajstić information content (AvgIpc) is 3.07. The Morgan fingerprint density at radius 3 is 2.79 bits per heavy atom. The van der Waals surface area contributed by atoms with E-state index in [1.807, 2.05) is 49.4 Å². The van der Waals surface area contributed by atoms with Gasteiger partial charge in [0, 0.05) is 0 Å². The van der Waals surface area contributed by atoms with Crippen molar-refractivity contribution < 1.29 is 4.79 Å². The zero-order chi connectivity index (χ0) is 16.5. The number of anilines is 1. The monoisotopic (exact) mass is 333 g/mol. The van der Waals surface area contributed by atoms with Crippen LogP contribution < -0.4 is 5.32 Å². The number of hydrogen-bond donors (Lipinski definition) is 1. The summed E-state index contributed by atoms with van der Waals surface area (Å²) in [5.41, 5.74) is 4.33. The van der Waals surface area contributed by atoms with Gasteiger partial charge in [-0.15, -0.1) is 0 Å². The molecular weight excluding hydrogens is 318 g/mol. The molecule has 0 bridgehead atoms. The fourth-order valence-electron chi connectivity index (χ4n) is 2.91. The molecule has 4 nitrogen and oxygen atoms in total. The highest BCUT2D eigenvalue weighted by atomic mass is 32.1. The maximum absolute atomic E-state index is 12.6. The van der Waals surface area contributed by atoms with Gasteiger partial charge in [-0.25, -0.2) is 0 Å². The van der Waals surface area contributed by atoms with Gasteiger partial charge in [-0.2, -0.15) is 8.75 Å². The normalized spacial score (nSPS) is 11.0. The minimum Gasteiger partial charge on any atom is -0.324 e. The summed E-state index contributed by atoms with van der Waals surface area (Å²) >= 11 is 1.16. The number of carbonyl (C=O) groups is 1. The van der Waals surface area contributed by atoms with Crippen molar-refractivity contribution in [2.75, 3.05) is 5.32 Å². The van der Waals surface area contributed by atoms with E-state index in [4.69, 9.17) is 0 Å². The maximum Gasteiger partial charge on any atom is 0.228 e. The van der Waals surface area contributed by atoms with Gasteiger partial charge in [0.1, 0.15) is 11.0 Å². The first-order valence-corrected chi connectivity index (χ1v) is 8.44. The Labute approximate surface area is 143 Å². The fourth-order valence-corrected chi connectivity index (χ4v) is 3.46. The minimum absolute atomic E-state index is 0.0463. The van der Waals surface area contributed by atoms with Gasteiger partial charge in [0.2, 0.25) is 5.91 Å². The Kier molecular flexibility index (Phi) is 3.70. The number of aromatic nitrogens is 2. The van der Waals surface area contributed by atoms with E-state index in [1.54, 1.807) is 0 Å². The SMILES string of the molecule is Cc1ccc2nsnc2c1NC(=O)Cc1cccc2ccccc12. The second-order valence-corrected chi connectivity index (χ2v) is 6.28. The van der Waals surface area contributed by atoms with E-state index >= 15 is 0 Å². The largest absolute Gasteiger partial charge is 0.324 e. The molecule has 0 saturated heterocycles. The van der Waals surface area contributed by atoms with Crippen LogP contribution in [0.3, 0.4) is 0 Å². The van der Waals surface area contributed by atoms with Crippen molar-refractivity contribution >= 4 is 45.1 Å². The first-order chi connectivity index (χ1) is 11.7. The molecule has 0 fully saturated rings. The van der Waals surface area contributed by atoms with Gasteiger partial charge < -0.3 is 5.32 Å². The molecule has 1 aromatic heterocycles. The van der Waals surface area contributed by atoms with Gasteiger partial charge >= 0.3 is 0 Å². The molecule has 0 saturated carbocycles. The Hall–Kier alpha value is -2.79. The van der Waals surface area contributed by atoms with E-state index in [1.165, 1.54) is 0 Å². The van der Waals surface area contributed by atoms with E-state index < -0.39 is 0 Å². The van der Waals surface area contributed by atoms with Crippen LogP contribution in [0.2, 0.25) is 0 Å². The molecule has 118 valence electrons. The molecule has 4 rings (SSSR count).